The first-order chi connectivity index (χ1) is 14.1. The average Bonchev–Trinajstić information content (AvgIpc) is 2.67. The maximum absolute atomic E-state index is 12.8. The molecule has 0 saturated heterocycles. The predicted octanol–water partition coefficient (Wildman–Crippen LogP) is 4.62. The number of nitrogens with zero attached hydrogens (tertiary/aromatic N) is 1. The van der Waals surface area contributed by atoms with Gasteiger partial charge in [0.1, 0.15) is 5.60 Å². The number of hydrogen-bond donors (Lipinski definition) is 0. The van der Waals surface area contributed by atoms with E-state index in [4.69, 9.17) is 8.92 Å². The fraction of sp³-hybridized carbons (Fsp3) is 0.435. The first kappa shape index (κ1) is 22.3. The Morgan fingerprint density at radius 3 is 2.43 bits per heavy atom. The number of hydrogen-bond acceptors (Lipinski definition) is 5. The van der Waals surface area contributed by atoms with Gasteiger partial charge >= 0.3 is 6.09 Å². The average molecular weight is 432 g/mol. The highest BCUT2D eigenvalue weighted by Crippen LogP contribution is 2.33. The van der Waals surface area contributed by atoms with Crippen LogP contribution in [0.15, 0.2) is 53.4 Å². The van der Waals surface area contributed by atoms with Gasteiger partial charge < -0.3 is 9.64 Å². The van der Waals surface area contributed by atoms with E-state index in [0.29, 0.717) is 13.0 Å². The molecule has 0 aromatic heterocycles. The van der Waals surface area contributed by atoms with Crippen LogP contribution < -0.4 is 0 Å². The van der Waals surface area contributed by atoms with Crippen molar-refractivity contribution in [2.75, 3.05) is 13.2 Å². The van der Waals surface area contributed by atoms with Crippen LogP contribution in [0, 0.1) is 6.92 Å². The molecule has 1 heterocycles. The lowest BCUT2D eigenvalue weighted by Crippen LogP contribution is -2.43. The summed E-state index contributed by atoms with van der Waals surface area (Å²) >= 11 is 0. The van der Waals surface area contributed by atoms with Gasteiger partial charge in [-0.15, -0.1) is 0 Å². The largest absolute Gasteiger partial charge is 0.444 e. The van der Waals surface area contributed by atoms with Gasteiger partial charge in [-0.2, -0.15) is 8.42 Å². The van der Waals surface area contributed by atoms with Gasteiger partial charge in [-0.1, -0.05) is 42.0 Å². The van der Waals surface area contributed by atoms with Crippen LogP contribution in [0.5, 0.6) is 0 Å². The number of ether oxygens (including phenoxy) is 1. The van der Waals surface area contributed by atoms with Crippen LogP contribution in [-0.2, 0) is 25.5 Å². The molecule has 0 bridgehead atoms. The van der Waals surface area contributed by atoms with Crippen molar-refractivity contribution in [3.63, 3.8) is 0 Å². The second kappa shape index (κ2) is 8.78. The van der Waals surface area contributed by atoms with Crippen molar-refractivity contribution in [1.82, 2.24) is 4.90 Å². The summed E-state index contributed by atoms with van der Waals surface area (Å²) in [4.78, 5) is 14.6. The second-order valence-electron chi connectivity index (χ2n) is 8.52. The quantitative estimate of drug-likeness (QED) is 0.646. The monoisotopic (exact) mass is 431 g/mol. The van der Waals surface area contributed by atoms with E-state index in [9.17, 15) is 13.2 Å². The number of rotatable bonds is 5. The van der Waals surface area contributed by atoms with Crippen LogP contribution in [-0.4, -0.2) is 38.2 Å². The summed E-state index contributed by atoms with van der Waals surface area (Å²) in [6, 6.07) is 14.1. The molecular weight excluding hydrogens is 402 g/mol. The molecule has 1 unspecified atom stereocenters. The molecule has 162 valence electrons. The van der Waals surface area contributed by atoms with Crippen LogP contribution in [0.1, 0.15) is 49.9 Å². The molecule has 1 atom stereocenters. The molecule has 0 saturated carbocycles. The van der Waals surface area contributed by atoms with Crippen molar-refractivity contribution in [2.45, 2.75) is 57.1 Å². The van der Waals surface area contributed by atoms with Crippen LogP contribution in [0.2, 0.25) is 0 Å². The summed E-state index contributed by atoms with van der Waals surface area (Å²) in [6.07, 6.45) is 0.680. The van der Waals surface area contributed by atoms with Gasteiger partial charge in [-0.05, 0) is 63.8 Å². The molecule has 30 heavy (non-hydrogen) atoms. The predicted molar refractivity (Wildman–Crippen MR) is 115 cm³/mol. The summed E-state index contributed by atoms with van der Waals surface area (Å²) in [5, 5.41) is 0. The summed E-state index contributed by atoms with van der Waals surface area (Å²) in [5.41, 5.74) is 2.53. The maximum Gasteiger partial charge on any atom is 0.410 e. The number of benzene rings is 2. The van der Waals surface area contributed by atoms with Crippen molar-refractivity contribution in [3.8, 4) is 0 Å². The lowest BCUT2D eigenvalue weighted by atomic mass is 9.91. The third kappa shape index (κ3) is 5.40. The molecule has 7 heteroatoms. The molecule has 3 rings (SSSR count). The highest BCUT2D eigenvalue weighted by atomic mass is 32.2. The number of carbonyl (C=O) groups excluding carboxylic acids is 1. The van der Waals surface area contributed by atoms with E-state index < -0.39 is 21.8 Å². The van der Waals surface area contributed by atoms with Gasteiger partial charge in [0.15, 0.2) is 0 Å². The van der Waals surface area contributed by atoms with E-state index in [-0.39, 0.29) is 17.5 Å². The number of carbonyl (C=O) groups is 1. The first-order valence-electron chi connectivity index (χ1n) is 10.1. The minimum absolute atomic E-state index is 0.0332. The van der Waals surface area contributed by atoms with E-state index >= 15 is 0 Å². The molecule has 6 nitrogen and oxygen atoms in total. The third-order valence-corrected chi connectivity index (χ3v) is 6.31. The summed E-state index contributed by atoms with van der Waals surface area (Å²) in [7, 11) is -3.86. The molecule has 1 amide bonds. The van der Waals surface area contributed by atoms with Gasteiger partial charge in [0.05, 0.1) is 17.5 Å². The highest BCUT2D eigenvalue weighted by molar-refractivity contribution is 7.86. The van der Waals surface area contributed by atoms with Gasteiger partial charge in [0.2, 0.25) is 0 Å². The fourth-order valence-electron chi connectivity index (χ4n) is 3.54. The van der Waals surface area contributed by atoms with E-state index in [0.717, 1.165) is 23.1 Å². The van der Waals surface area contributed by atoms with Crippen molar-refractivity contribution in [1.29, 1.82) is 0 Å². The smallest absolute Gasteiger partial charge is 0.410 e. The zero-order chi connectivity index (χ0) is 21.9. The summed E-state index contributed by atoms with van der Waals surface area (Å²) < 4.78 is 35.9. The molecular formula is C23H29NO5S. The Kier molecular flexibility index (Phi) is 6.53. The molecule has 2 aromatic rings. The third-order valence-electron chi connectivity index (χ3n) is 4.98. The van der Waals surface area contributed by atoms with E-state index in [1.807, 2.05) is 52.0 Å². The SMILES string of the molecule is Cc1ccc(S(=O)(=O)OCCC2c3ccccc3CCN2C(=O)OC(C)(C)C)cc1. The highest BCUT2D eigenvalue weighted by Gasteiger charge is 2.33. The van der Waals surface area contributed by atoms with E-state index in [1.54, 1.807) is 17.0 Å². The van der Waals surface area contributed by atoms with Gasteiger partial charge in [-0.3, -0.25) is 4.18 Å². The first-order valence-corrected chi connectivity index (χ1v) is 11.5. The van der Waals surface area contributed by atoms with Crippen molar-refractivity contribution in [3.05, 3.63) is 65.2 Å². The number of fused-ring (bicyclic) bond motifs is 1. The zero-order valence-electron chi connectivity index (χ0n) is 17.9. The normalized spacial score (nSPS) is 16.8. The lowest BCUT2D eigenvalue weighted by molar-refractivity contribution is 0.0121. The molecule has 0 fully saturated rings. The van der Waals surface area contributed by atoms with Gasteiger partial charge in [-0.25, -0.2) is 4.79 Å². The van der Waals surface area contributed by atoms with Crippen LogP contribution in [0.25, 0.3) is 0 Å². The number of aryl methyl sites for hydroxylation is 1. The fourth-order valence-corrected chi connectivity index (χ4v) is 4.47. The van der Waals surface area contributed by atoms with Gasteiger partial charge in [0, 0.05) is 6.54 Å². The molecule has 0 N–H and O–H groups in total. The lowest BCUT2D eigenvalue weighted by Gasteiger charge is -2.38. The Hall–Kier alpha value is -2.38. The van der Waals surface area contributed by atoms with Crippen LogP contribution in [0.3, 0.4) is 0 Å². The van der Waals surface area contributed by atoms with Crippen LogP contribution >= 0.6 is 0 Å². The van der Waals surface area contributed by atoms with E-state index in [2.05, 4.69) is 0 Å². The molecule has 1 aliphatic rings. The standard InChI is InChI=1S/C23H29NO5S/c1-17-9-11-19(12-10-17)30(26,27)28-16-14-21-20-8-6-5-7-18(20)13-15-24(21)22(25)29-23(2,3)4/h5-12,21H,13-16H2,1-4H3. The topological polar surface area (TPSA) is 72.9 Å². The Bertz CT molecular complexity index is 993. The maximum atomic E-state index is 12.8. The summed E-state index contributed by atoms with van der Waals surface area (Å²) in [5.74, 6) is 0. The van der Waals surface area contributed by atoms with Crippen LogP contribution in [0.4, 0.5) is 4.79 Å². The second-order valence-corrected chi connectivity index (χ2v) is 10.1. The van der Waals surface area contributed by atoms with Gasteiger partial charge in [0.25, 0.3) is 10.1 Å². The summed E-state index contributed by atoms with van der Waals surface area (Å²) in [6.45, 7) is 7.86. The van der Waals surface area contributed by atoms with Crippen molar-refractivity contribution in [2.24, 2.45) is 0 Å². The minimum Gasteiger partial charge on any atom is -0.444 e. The molecule has 0 aliphatic carbocycles. The Morgan fingerprint density at radius 1 is 1.10 bits per heavy atom. The molecule has 1 aliphatic heterocycles. The van der Waals surface area contributed by atoms with Crippen molar-refractivity contribution < 1.29 is 22.1 Å². The Morgan fingerprint density at radius 2 is 1.77 bits per heavy atom. The van der Waals surface area contributed by atoms with E-state index in [1.165, 1.54) is 12.1 Å². The Labute approximate surface area is 178 Å². The Balaban J connectivity index is 1.76. The number of amides is 1. The molecule has 2 aromatic carbocycles. The zero-order valence-corrected chi connectivity index (χ0v) is 18.7. The molecule has 0 radical (unpaired) electrons. The van der Waals surface area contributed by atoms with Crippen molar-refractivity contribution >= 4 is 16.2 Å². The minimum atomic E-state index is -3.86. The molecule has 0 spiro atoms.